The van der Waals surface area contributed by atoms with Crippen molar-refractivity contribution in [1.82, 2.24) is 15.3 Å². The molecule has 3 rings (SSSR count). The maximum Gasteiger partial charge on any atom is 0.416 e. The first-order valence-electron chi connectivity index (χ1n) is 8.52. The summed E-state index contributed by atoms with van der Waals surface area (Å²) in [6.07, 6.45) is -4.15. The third-order valence-corrected chi connectivity index (χ3v) is 4.14. The van der Waals surface area contributed by atoms with Crippen molar-refractivity contribution in [1.29, 1.82) is 0 Å². The van der Waals surface area contributed by atoms with Crippen molar-refractivity contribution < 1.29 is 18.0 Å². The van der Waals surface area contributed by atoms with E-state index < -0.39 is 17.8 Å². The fourth-order valence-corrected chi connectivity index (χ4v) is 2.71. The van der Waals surface area contributed by atoms with E-state index in [1.54, 1.807) is 13.0 Å². The predicted molar refractivity (Wildman–Crippen MR) is 97.2 cm³/mol. The van der Waals surface area contributed by atoms with Crippen molar-refractivity contribution in [3.63, 3.8) is 0 Å². The van der Waals surface area contributed by atoms with E-state index in [2.05, 4.69) is 20.6 Å². The zero-order valence-electron chi connectivity index (χ0n) is 14.6. The molecular formula is C19H19F3N4O. The third kappa shape index (κ3) is 4.58. The van der Waals surface area contributed by atoms with Gasteiger partial charge in [0, 0.05) is 13.0 Å². The minimum absolute atomic E-state index is 0.130. The highest BCUT2D eigenvalue weighted by atomic mass is 19.4. The number of alkyl halides is 3. The molecule has 0 aliphatic heterocycles. The number of nitrogens with zero attached hydrogens (tertiary/aromatic N) is 1. The Labute approximate surface area is 154 Å². The van der Waals surface area contributed by atoms with Crippen molar-refractivity contribution in [3.05, 3.63) is 59.7 Å². The standard InChI is InChI=1S/C19H19F3N4O/c1-2-17(27)23-11-16(12-6-5-7-13(10-12)19(20,21)22)26-18-24-14-8-3-4-9-15(14)25-18/h3-10,16H,2,11H2,1H3,(H,23,27)(H2,24,25,26). The Kier molecular flexibility index (Phi) is 5.34. The van der Waals surface area contributed by atoms with E-state index in [0.29, 0.717) is 17.9 Å². The molecule has 1 amide bonds. The molecule has 27 heavy (non-hydrogen) atoms. The molecule has 1 heterocycles. The number of imidazole rings is 1. The summed E-state index contributed by atoms with van der Waals surface area (Å²) < 4.78 is 39.2. The second-order valence-corrected chi connectivity index (χ2v) is 6.08. The summed E-state index contributed by atoms with van der Waals surface area (Å²) in [5, 5.41) is 5.81. The average Bonchev–Trinajstić information content (AvgIpc) is 3.06. The number of anilines is 1. The largest absolute Gasteiger partial charge is 0.416 e. The molecule has 0 bridgehead atoms. The number of aromatic nitrogens is 2. The molecule has 3 N–H and O–H groups in total. The minimum atomic E-state index is -4.44. The van der Waals surface area contributed by atoms with Gasteiger partial charge in [0.1, 0.15) is 0 Å². The topological polar surface area (TPSA) is 69.8 Å². The first kappa shape index (κ1) is 18.8. The van der Waals surface area contributed by atoms with Crippen LogP contribution in [0.15, 0.2) is 48.5 Å². The van der Waals surface area contributed by atoms with Crippen LogP contribution in [0, 0.1) is 0 Å². The monoisotopic (exact) mass is 376 g/mol. The van der Waals surface area contributed by atoms with Crippen molar-refractivity contribution in [2.24, 2.45) is 0 Å². The lowest BCUT2D eigenvalue weighted by Gasteiger charge is -2.20. The van der Waals surface area contributed by atoms with Gasteiger partial charge in [0.2, 0.25) is 11.9 Å². The lowest BCUT2D eigenvalue weighted by molar-refractivity contribution is -0.137. The fourth-order valence-electron chi connectivity index (χ4n) is 2.71. The third-order valence-electron chi connectivity index (χ3n) is 4.14. The van der Waals surface area contributed by atoms with Crippen LogP contribution < -0.4 is 10.6 Å². The van der Waals surface area contributed by atoms with E-state index in [0.717, 1.165) is 23.2 Å². The van der Waals surface area contributed by atoms with Crippen LogP contribution in [0.3, 0.4) is 0 Å². The molecule has 3 aromatic rings. The molecule has 5 nitrogen and oxygen atoms in total. The van der Waals surface area contributed by atoms with Gasteiger partial charge in [0.05, 0.1) is 22.6 Å². The molecule has 8 heteroatoms. The van der Waals surface area contributed by atoms with E-state index in [9.17, 15) is 18.0 Å². The number of benzene rings is 2. The van der Waals surface area contributed by atoms with Crippen LogP contribution in [-0.2, 0) is 11.0 Å². The Balaban J connectivity index is 1.89. The number of H-pyrrole nitrogens is 1. The normalized spacial score (nSPS) is 12.7. The predicted octanol–water partition coefficient (Wildman–Crippen LogP) is 4.26. The fraction of sp³-hybridized carbons (Fsp3) is 0.263. The summed E-state index contributed by atoms with van der Waals surface area (Å²) in [7, 11) is 0. The van der Waals surface area contributed by atoms with Crippen molar-refractivity contribution in [3.8, 4) is 0 Å². The number of hydrogen-bond acceptors (Lipinski definition) is 3. The Bertz CT molecular complexity index is 903. The van der Waals surface area contributed by atoms with Crippen LogP contribution in [0.2, 0.25) is 0 Å². The van der Waals surface area contributed by atoms with Gasteiger partial charge in [-0.05, 0) is 29.8 Å². The number of carbonyl (C=O) groups is 1. The van der Waals surface area contributed by atoms with E-state index in [-0.39, 0.29) is 12.5 Å². The van der Waals surface area contributed by atoms with E-state index in [1.807, 2.05) is 24.3 Å². The van der Waals surface area contributed by atoms with Crippen molar-refractivity contribution in [2.45, 2.75) is 25.6 Å². The van der Waals surface area contributed by atoms with Gasteiger partial charge in [-0.2, -0.15) is 13.2 Å². The number of nitrogens with one attached hydrogen (secondary N) is 3. The van der Waals surface area contributed by atoms with Gasteiger partial charge in [-0.3, -0.25) is 4.79 Å². The molecule has 0 radical (unpaired) electrons. The first-order chi connectivity index (χ1) is 12.9. The van der Waals surface area contributed by atoms with Crippen LogP contribution in [0.4, 0.5) is 19.1 Å². The number of carbonyl (C=O) groups excluding carboxylic acids is 1. The van der Waals surface area contributed by atoms with E-state index in [1.165, 1.54) is 6.07 Å². The van der Waals surface area contributed by atoms with Gasteiger partial charge in [0.15, 0.2) is 0 Å². The second-order valence-electron chi connectivity index (χ2n) is 6.08. The summed E-state index contributed by atoms with van der Waals surface area (Å²) in [4.78, 5) is 19.1. The Morgan fingerprint density at radius 1 is 1.19 bits per heavy atom. The van der Waals surface area contributed by atoms with Crippen LogP contribution in [0.25, 0.3) is 11.0 Å². The van der Waals surface area contributed by atoms with Gasteiger partial charge >= 0.3 is 6.18 Å². The maximum atomic E-state index is 13.1. The molecule has 1 atom stereocenters. The highest BCUT2D eigenvalue weighted by Gasteiger charge is 2.31. The number of rotatable bonds is 6. The molecular weight excluding hydrogens is 357 g/mol. The number of aromatic amines is 1. The van der Waals surface area contributed by atoms with Gasteiger partial charge in [-0.25, -0.2) is 4.98 Å². The molecule has 0 aliphatic rings. The van der Waals surface area contributed by atoms with Crippen molar-refractivity contribution in [2.75, 3.05) is 11.9 Å². The minimum Gasteiger partial charge on any atom is -0.354 e. The zero-order chi connectivity index (χ0) is 19.4. The Hall–Kier alpha value is -3.03. The maximum absolute atomic E-state index is 13.1. The summed E-state index contributed by atoms with van der Waals surface area (Å²) in [6.45, 7) is 1.84. The average molecular weight is 376 g/mol. The van der Waals surface area contributed by atoms with Gasteiger partial charge < -0.3 is 15.6 Å². The summed E-state index contributed by atoms with van der Waals surface area (Å²) in [6, 6.07) is 11.9. The molecule has 0 spiro atoms. The highest BCUT2D eigenvalue weighted by molar-refractivity contribution is 5.77. The van der Waals surface area contributed by atoms with Crippen molar-refractivity contribution >= 4 is 22.9 Å². The Morgan fingerprint density at radius 3 is 2.67 bits per heavy atom. The second kappa shape index (κ2) is 7.69. The van der Waals surface area contributed by atoms with Crippen LogP contribution in [0.5, 0.6) is 0 Å². The van der Waals surface area contributed by atoms with Gasteiger partial charge in [0.25, 0.3) is 0 Å². The SMILES string of the molecule is CCC(=O)NCC(Nc1nc2ccccc2[nH]1)c1cccc(C(F)(F)F)c1. The van der Waals surface area contributed by atoms with Crippen LogP contribution in [-0.4, -0.2) is 22.4 Å². The number of para-hydroxylation sites is 2. The van der Waals surface area contributed by atoms with E-state index >= 15 is 0 Å². The molecule has 142 valence electrons. The zero-order valence-corrected chi connectivity index (χ0v) is 14.6. The quantitative estimate of drug-likeness (QED) is 0.602. The summed E-state index contributed by atoms with van der Waals surface area (Å²) >= 11 is 0. The molecule has 1 unspecified atom stereocenters. The summed E-state index contributed by atoms with van der Waals surface area (Å²) in [5.41, 5.74) is 1.21. The lowest BCUT2D eigenvalue weighted by Crippen LogP contribution is -2.31. The molecule has 0 saturated carbocycles. The van der Waals surface area contributed by atoms with Gasteiger partial charge in [-0.15, -0.1) is 0 Å². The number of amides is 1. The number of hydrogen-bond donors (Lipinski definition) is 3. The number of fused-ring (bicyclic) bond motifs is 1. The highest BCUT2D eigenvalue weighted by Crippen LogP contribution is 2.31. The summed E-state index contributed by atoms with van der Waals surface area (Å²) in [5.74, 6) is 0.239. The molecule has 2 aromatic carbocycles. The lowest BCUT2D eigenvalue weighted by atomic mass is 10.0. The molecule has 0 fully saturated rings. The molecule has 1 aromatic heterocycles. The van der Waals surface area contributed by atoms with E-state index in [4.69, 9.17) is 0 Å². The number of halogens is 3. The van der Waals surface area contributed by atoms with Crippen LogP contribution >= 0.6 is 0 Å². The van der Waals surface area contributed by atoms with Crippen LogP contribution in [0.1, 0.15) is 30.5 Å². The smallest absolute Gasteiger partial charge is 0.354 e. The molecule has 0 saturated heterocycles. The van der Waals surface area contributed by atoms with Gasteiger partial charge in [-0.1, -0.05) is 31.2 Å². The molecule has 0 aliphatic carbocycles. The first-order valence-corrected chi connectivity index (χ1v) is 8.52. The Morgan fingerprint density at radius 2 is 1.96 bits per heavy atom.